The van der Waals surface area contributed by atoms with Crippen molar-refractivity contribution in [2.75, 3.05) is 26.0 Å². The van der Waals surface area contributed by atoms with E-state index < -0.39 is 0 Å². The van der Waals surface area contributed by atoms with Gasteiger partial charge in [-0.05, 0) is 113 Å². The van der Waals surface area contributed by atoms with Crippen molar-refractivity contribution >= 4 is 22.5 Å². The maximum absolute atomic E-state index is 13.1. The Morgan fingerprint density at radius 1 is 0.971 bits per heavy atom. The molecule has 0 radical (unpaired) electrons. The lowest BCUT2D eigenvalue weighted by Gasteiger charge is -2.12. The van der Waals surface area contributed by atoms with Gasteiger partial charge in [-0.1, -0.05) is 18.2 Å². The highest BCUT2D eigenvalue weighted by Gasteiger charge is 2.12. The van der Waals surface area contributed by atoms with Crippen LogP contribution >= 0.6 is 0 Å². The van der Waals surface area contributed by atoms with Crippen molar-refractivity contribution in [1.82, 2.24) is 9.47 Å². The number of rotatable bonds is 8. The molecule has 0 atom stereocenters. The number of hydrogen-bond donors (Lipinski definition) is 1. The van der Waals surface area contributed by atoms with Crippen LogP contribution in [-0.2, 0) is 13.0 Å². The summed E-state index contributed by atoms with van der Waals surface area (Å²) in [6.45, 7) is 6.48. The van der Waals surface area contributed by atoms with Gasteiger partial charge in [-0.25, -0.2) is 4.39 Å². The highest BCUT2D eigenvalue weighted by Crippen LogP contribution is 2.27. The molecule has 0 bridgehead atoms. The fourth-order valence-corrected chi connectivity index (χ4v) is 4.43. The Bertz CT molecular complexity index is 1310. The van der Waals surface area contributed by atoms with Gasteiger partial charge in [0.15, 0.2) is 0 Å². The van der Waals surface area contributed by atoms with Crippen molar-refractivity contribution in [3.05, 3.63) is 100 Å². The molecule has 0 aliphatic rings. The smallest absolute Gasteiger partial charge is 0.255 e. The van der Waals surface area contributed by atoms with Crippen LogP contribution in [0.15, 0.2) is 66.7 Å². The van der Waals surface area contributed by atoms with Crippen molar-refractivity contribution in [2.24, 2.45) is 0 Å². The fraction of sp³-hybridized carbons (Fsp3) is 0.276. The topological polar surface area (TPSA) is 37.3 Å². The summed E-state index contributed by atoms with van der Waals surface area (Å²) >= 11 is 0. The van der Waals surface area contributed by atoms with E-state index in [0.29, 0.717) is 11.3 Å². The Labute approximate surface area is 201 Å². The number of benzene rings is 3. The SMILES string of the molecule is Cc1c(C)n(CCCN(C)C)c2ccc(Cc3cccc(C(=O)Nc4ccc(F)cc4)c3)cc12. The molecule has 4 aromatic rings. The zero-order valence-electron chi connectivity index (χ0n) is 20.4. The predicted octanol–water partition coefficient (Wildman–Crippen LogP) is 6.19. The summed E-state index contributed by atoms with van der Waals surface area (Å²) in [7, 11) is 4.22. The lowest BCUT2D eigenvalue weighted by atomic mass is 10.0. The minimum absolute atomic E-state index is 0.204. The number of nitrogens with one attached hydrogen (secondary N) is 1. The third-order valence-electron chi connectivity index (χ3n) is 6.39. The fourth-order valence-electron chi connectivity index (χ4n) is 4.43. The molecule has 0 fully saturated rings. The summed E-state index contributed by atoms with van der Waals surface area (Å²) in [4.78, 5) is 14.9. The van der Waals surface area contributed by atoms with Crippen molar-refractivity contribution in [2.45, 2.75) is 33.2 Å². The first kappa shape index (κ1) is 23.7. The Kier molecular flexibility index (Phi) is 7.13. The Morgan fingerprint density at radius 2 is 1.71 bits per heavy atom. The van der Waals surface area contributed by atoms with E-state index in [4.69, 9.17) is 0 Å². The van der Waals surface area contributed by atoms with Gasteiger partial charge in [0.2, 0.25) is 0 Å². The molecule has 1 heterocycles. The van der Waals surface area contributed by atoms with Crippen molar-refractivity contribution in [3.63, 3.8) is 0 Å². The molecule has 1 N–H and O–H groups in total. The molecule has 3 aromatic carbocycles. The third kappa shape index (κ3) is 5.37. The van der Waals surface area contributed by atoms with Gasteiger partial charge in [-0.2, -0.15) is 0 Å². The van der Waals surface area contributed by atoms with Crippen molar-refractivity contribution in [1.29, 1.82) is 0 Å². The monoisotopic (exact) mass is 457 g/mol. The van der Waals surface area contributed by atoms with Gasteiger partial charge >= 0.3 is 0 Å². The summed E-state index contributed by atoms with van der Waals surface area (Å²) in [5.41, 5.74) is 7.39. The van der Waals surface area contributed by atoms with E-state index in [0.717, 1.165) is 31.5 Å². The first-order chi connectivity index (χ1) is 16.3. The average Bonchev–Trinajstić information content (AvgIpc) is 3.05. The molecule has 0 saturated heterocycles. The third-order valence-corrected chi connectivity index (χ3v) is 6.39. The van der Waals surface area contributed by atoms with Crippen LogP contribution in [0.4, 0.5) is 10.1 Å². The lowest BCUT2D eigenvalue weighted by molar-refractivity contribution is 0.102. The Hall–Kier alpha value is -3.44. The van der Waals surface area contributed by atoms with Crippen LogP contribution in [0, 0.1) is 19.7 Å². The van der Waals surface area contributed by atoms with Crippen LogP contribution < -0.4 is 5.32 Å². The van der Waals surface area contributed by atoms with Gasteiger partial charge < -0.3 is 14.8 Å². The van der Waals surface area contributed by atoms with Gasteiger partial charge in [-0.3, -0.25) is 4.79 Å². The minimum atomic E-state index is -0.327. The lowest BCUT2D eigenvalue weighted by Crippen LogP contribution is -2.15. The number of amides is 1. The zero-order valence-corrected chi connectivity index (χ0v) is 20.4. The summed E-state index contributed by atoms with van der Waals surface area (Å²) in [6, 6.07) is 20.2. The number of carbonyl (C=O) groups excluding carboxylic acids is 1. The largest absolute Gasteiger partial charge is 0.345 e. The maximum atomic E-state index is 13.1. The van der Waals surface area contributed by atoms with E-state index in [1.54, 1.807) is 18.2 Å². The molecule has 0 aliphatic heterocycles. The van der Waals surface area contributed by atoms with Crippen LogP contribution in [0.3, 0.4) is 0 Å². The summed E-state index contributed by atoms with van der Waals surface area (Å²) < 4.78 is 15.5. The van der Waals surface area contributed by atoms with Gasteiger partial charge in [0.05, 0.1) is 0 Å². The van der Waals surface area contributed by atoms with E-state index in [-0.39, 0.29) is 11.7 Å². The molecule has 0 aliphatic carbocycles. The Morgan fingerprint density at radius 3 is 2.44 bits per heavy atom. The van der Waals surface area contributed by atoms with E-state index >= 15 is 0 Å². The predicted molar refractivity (Wildman–Crippen MR) is 138 cm³/mol. The second-order valence-electron chi connectivity index (χ2n) is 9.21. The maximum Gasteiger partial charge on any atom is 0.255 e. The minimum Gasteiger partial charge on any atom is -0.345 e. The average molecular weight is 458 g/mol. The summed E-state index contributed by atoms with van der Waals surface area (Å²) in [5.74, 6) is -0.531. The molecule has 0 unspecified atom stereocenters. The van der Waals surface area contributed by atoms with Gasteiger partial charge in [0.25, 0.3) is 5.91 Å². The molecule has 0 saturated carbocycles. The van der Waals surface area contributed by atoms with Crippen LogP contribution in [0.2, 0.25) is 0 Å². The molecule has 4 nitrogen and oxygen atoms in total. The number of anilines is 1. The second kappa shape index (κ2) is 10.2. The number of carbonyl (C=O) groups is 1. The first-order valence-electron chi connectivity index (χ1n) is 11.7. The highest BCUT2D eigenvalue weighted by atomic mass is 19.1. The molecule has 176 valence electrons. The van der Waals surface area contributed by atoms with Crippen molar-refractivity contribution in [3.8, 4) is 0 Å². The van der Waals surface area contributed by atoms with E-state index in [1.807, 2.05) is 18.2 Å². The molecule has 1 amide bonds. The number of halogens is 1. The van der Waals surface area contributed by atoms with E-state index in [1.165, 1.54) is 39.9 Å². The molecule has 1 aromatic heterocycles. The van der Waals surface area contributed by atoms with Gasteiger partial charge in [0.1, 0.15) is 5.82 Å². The molecule has 4 rings (SSSR count). The zero-order chi connectivity index (χ0) is 24.2. The molecule has 0 spiro atoms. The van der Waals surface area contributed by atoms with Crippen LogP contribution in [0.25, 0.3) is 10.9 Å². The quantitative estimate of drug-likeness (QED) is 0.342. The summed E-state index contributed by atoms with van der Waals surface area (Å²) in [6.07, 6.45) is 1.86. The molecule has 5 heteroatoms. The van der Waals surface area contributed by atoms with E-state index in [9.17, 15) is 9.18 Å². The van der Waals surface area contributed by atoms with Gasteiger partial charge in [-0.15, -0.1) is 0 Å². The molecule has 34 heavy (non-hydrogen) atoms. The van der Waals surface area contributed by atoms with Gasteiger partial charge in [0, 0.05) is 34.4 Å². The number of fused-ring (bicyclic) bond motifs is 1. The second-order valence-corrected chi connectivity index (χ2v) is 9.21. The standard InChI is InChI=1S/C29H32FN3O/c1-20-21(2)33(16-6-15-32(3)4)28-14-9-23(19-27(20)28)17-22-7-5-8-24(18-22)29(34)31-26-12-10-25(30)11-13-26/h5,7-14,18-19H,6,15-17H2,1-4H3,(H,31,34). The van der Waals surface area contributed by atoms with Crippen molar-refractivity contribution < 1.29 is 9.18 Å². The highest BCUT2D eigenvalue weighted by molar-refractivity contribution is 6.04. The number of aromatic nitrogens is 1. The van der Waals surface area contributed by atoms with Crippen LogP contribution in [-0.4, -0.2) is 36.0 Å². The first-order valence-corrected chi connectivity index (χ1v) is 11.7. The Balaban J connectivity index is 1.51. The molecular formula is C29H32FN3O. The summed E-state index contributed by atoms with van der Waals surface area (Å²) in [5, 5.41) is 4.13. The number of hydrogen-bond acceptors (Lipinski definition) is 2. The number of aryl methyl sites for hydroxylation is 2. The normalized spacial score (nSPS) is 11.4. The number of nitrogens with zero attached hydrogens (tertiary/aromatic N) is 2. The van der Waals surface area contributed by atoms with Crippen LogP contribution in [0.5, 0.6) is 0 Å². The van der Waals surface area contributed by atoms with E-state index in [2.05, 4.69) is 60.9 Å². The van der Waals surface area contributed by atoms with Crippen LogP contribution in [0.1, 0.15) is 39.2 Å². The molecular weight excluding hydrogens is 425 g/mol.